The third kappa shape index (κ3) is 2.90. The molecular weight excluding hydrogens is 230 g/mol. The summed E-state index contributed by atoms with van der Waals surface area (Å²) in [6.45, 7) is 0. The maximum absolute atomic E-state index is 11.8. The summed E-state index contributed by atoms with van der Waals surface area (Å²) in [5.41, 5.74) is 1.04. The number of rotatable bonds is 3. The standard InChI is InChI=1S/C14H9NOS/c15-10-11-3-1-4-12(9-11)14(16)7-6-13-5-2-8-17-13/h1-9H/b7-6+. The third-order valence-corrected chi connectivity index (χ3v) is 3.06. The molecule has 0 saturated carbocycles. The van der Waals surface area contributed by atoms with E-state index in [2.05, 4.69) is 0 Å². The minimum absolute atomic E-state index is 0.0875. The molecule has 1 aromatic carbocycles. The number of thiophene rings is 1. The Morgan fingerprint density at radius 3 is 2.88 bits per heavy atom. The fourth-order valence-electron chi connectivity index (χ4n) is 1.38. The Morgan fingerprint density at radius 1 is 1.29 bits per heavy atom. The molecule has 1 heterocycles. The molecule has 3 heteroatoms. The summed E-state index contributed by atoms with van der Waals surface area (Å²) >= 11 is 1.58. The first kappa shape index (κ1) is 11.3. The van der Waals surface area contributed by atoms with Crippen LogP contribution in [0.1, 0.15) is 20.8 Å². The first-order chi connectivity index (χ1) is 8.29. The van der Waals surface area contributed by atoms with E-state index in [1.54, 1.807) is 41.7 Å². The molecule has 0 saturated heterocycles. The third-order valence-electron chi connectivity index (χ3n) is 2.22. The number of nitrogens with zero attached hydrogens (tertiary/aromatic N) is 1. The van der Waals surface area contributed by atoms with Crippen LogP contribution in [0.15, 0.2) is 47.9 Å². The predicted octanol–water partition coefficient (Wildman–Crippen LogP) is 3.52. The number of allylic oxidation sites excluding steroid dienone is 1. The molecule has 0 aliphatic carbocycles. The highest BCUT2D eigenvalue weighted by Crippen LogP contribution is 2.12. The average molecular weight is 239 g/mol. The van der Waals surface area contributed by atoms with Gasteiger partial charge < -0.3 is 0 Å². The Bertz CT molecular complexity index is 591. The van der Waals surface area contributed by atoms with Gasteiger partial charge in [-0.25, -0.2) is 0 Å². The zero-order chi connectivity index (χ0) is 12.1. The van der Waals surface area contributed by atoms with Gasteiger partial charge in [-0.05, 0) is 35.7 Å². The van der Waals surface area contributed by atoms with Gasteiger partial charge in [0.15, 0.2) is 5.78 Å². The lowest BCUT2D eigenvalue weighted by molar-refractivity contribution is 0.104. The van der Waals surface area contributed by atoms with E-state index in [1.807, 2.05) is 23.6 Å². The van der Waals surface area contributed by atoms with Crippen molar-refractivity contribution < 1.29 is 4.79 Å². The second-order valence-corrected chi connectivity index (χ2v) is 4.38. The second-order valence-electron chi connectivity index (χ2n) is 3.41. The van der Waals surface area contributed by atoms with Gasteiger partial charge in [-0.1, -0.05) is 18.2 Å². The number of nitriles is 1. The van der Waals surface area contributed by atoms with Gasteiger partial charge in [0, 0.05) is 10.4 Å². The molecular formula is C14H9NOS. The molecule has 0 radical (unpaired) electrons. The summed E-state index contributed by atoms with van der Waals surface area (Å²) in [6.07, 6.45) is 3.31. The Morgan fingerprint density at radius 2 is 2.18 bits per heavy atom. The van der Waals surface area contributed by atoms with Gasteiger partial charge in [0.05, 0.1) is 11.6 Å². The molecule has 0 aliphatic rings. The molecule has 2 aromatic rings. The molecule has 0 bridgehead atoms. The Balaban J connectivity index is 2.18. The molecule has 2 rings (SSSR count). The van der Waals surface area contributed by atoms with E-state index in [-0.39, 0.29) is 5.78 Å². The lowest BCUT2D eigenvalue weighted by Crippen LogP contribution is -1.94. The van der Waals surface area contributed by atoms with Gasteiger partial charge in [-0.3, -0.25) is 4.79 Å². The van der Waals surface area contributed by atoms with Crippen molar-refractivity contribution in [2.24, 2.45) is 0 Å². The van der Waals surface area contributed by atoms with E-state index in [9.17, 15) is 4.79 Å². The highest BCUT2D eigenvalue weighted by molar-refractivity contribution is 7.10. The van der Waals surface area contributed by atoms with Crippen LogP contribution in [0.25, 0.3) is 6.08 Å². The van der Waals surface area contributed by atoms with Crippen molar-refractivity contribution in [3.63, 3.8) is 0 Å². The normalized spacial score (nSPS) is 10.3. The largest absolute Gasteiger partial charge is 0.289 e. The summed E-state index contributed by atoms with van der Waals surface area (Å²) in [6, 6.07) is 12.6. The summed E-state index contributed by atoms with van der Waals surface area (Å²) in [7, 11) is 0. The summed E-state index contributed by atoms with van der Waals surface area (Å²) in [5.74, 6) is -0.0875. The van der Waals surface area contributed by atoms with Crippen molar-refractivity contribution in [3.8, 4) is 6.07 Å². The van der Waals surface area contributed by atoms with Crippen molar-refractivity contribution >= 4 is 23.2 Å². The lowest BCUT2D eigenvalue weighted by atomic mass is 10.1. The van der Waals surface area contributed by atoms with Crippen LogP contribution in [0.3, 0.4) is 0 Å². The molecule has 0 fully saturated rings. The van der Waals surface area contributed by atoms with Crippen molar-refractivity contribution in [3.05, 3.63) is 63.9 Å². The van der Waals surface area contributed by atoms with E-state index >= 15 is 0 Å². The maximum Gasteiger partial charge on any atom is 0.185 e. The molecule has 82 valence electrons. The zero-order valence-corrected chi connectivity index (χ0v) is 9.78. The fraction of sp³-hybridized carbons (Fsp3) is 0. The van der Waals surface area contributed by atoms with Crippen LogP contribution >= 0.6 is 11.3 Å². The molecule has 0 atom stereocenters. The Hall–Kier alpha value is -2.18. The van der Waals surface area contributed by atoms with Crippen LogP contribution in [0.5, 0.6) is 0 Å². The molecule has 0 N–H and O–H groups in total. The predicted molar refractivity (Wildman–Crippen MR) is 68.8 cm³/mol. The fourth-order valence-corrected chi connectivity index (χ4v) is 2.00. The first-order valence-corrected chi connectivity index (χ1v) is 5.93. The number of hydrogen-bond donors (Lipinski definition) is 0. The van der Waals surface area contributed by atoms with Crippen molar-refractivity contribution in [2.75, 3.05) is 0 Å². The quantitative estimate of drug-likeness (QED) is 0.607. The zero-order valence-electron chi connectivity index (χ0n) is 8.96. The van der Waals surface area contributed by atoms with Crippen LogP contribution in [-0.4, -0.2) is 5.78 Å². The average Bonchev–Trinajstić information content (AvgIpc) is 2.89. The monoisotopic (exact) mass is 239 g/mol. The highest BCUT2D eigenvalue weighted by Gasteiger charge is 2.02. The Kier molecular flexibility index (Phi) is 3.49. The summed E-state index contributed by atoms with van der Waals surface area (Å²) < 4.78 is 0. The minimum Gasteiger partial charge on any atom is -0.289 e. The summed E-state index contributed by atoms with van der Waals surface area (Å²) in [4.78, 5) is 12.9. The van der Waals surface area contributed by atoms with E-state index in [4.69, 9.17) is 5.26 Å². The van der Waals surface area contributed by atoms with Crippen LogP contribution in [0, 0.1) is 11.3 Å². The number of hydrogen-bond acceptors (Lipinski definition) is 3. The highest BCUT2D eigenvalue weighted by atomic mass is 32.1. The van der Waals surface area contributed by atoms with Crippen molar-refractivity contribution in [2.45, 2.75) is 0 Å². The number of ketones is 1. The number of carbonyl (C=O) groups is 1. The van der Waals surface area contributed by atoms with Crippen molar-refractivity contribution in [1.82, 2.24) is 0 Å². The Labute approximate surface area is 103 Å². The second kappa shape index (κ2) is 5.24. The molecule has 2 nitrogen and oxygen atoms in total. The van der Waals surface area contributed by atoms with Crippen molar-refractivity contribution in [1.29, 1.82) is 5.26 Å². The van der Waals surface area contributed by atoms with Gasteiger partial charge in [0.2, 0.25) is 0 Å². The smallest absolute Gasteiger partial charge is 0.185 e. The summed E-state index contributed by atoms with van der Waals surface area (Å²) in [5, 5.41) is 10.7. The van der Waals surface area contributed by atoms with Crippen LogP contribution in [-0.2, 0) is 0 Å². The number of benzene rings is 1. The van der Waals surface area contributed by atoms with E-state index in [1.165, 1.54) is 6.08 Å². The van der Waals surface area contributed by atoms with Gasteiger partial charge in [0.1, 0.15) is 0 Å². The molecule has 0 spiro atoms. The van der Waals surface area contributed by atoms with Crippen LogP contribution in [0.2, 0.25) is 0 Å². The minimum atomic E-state index is -0.0875. The molecule has 0 unspecified atom stereocenters. The van der Waals surface area contributed by atoms with Gasteiger partial charge in [-0.2, -0.15) is 5.26 Å². The van der Waals surface area contributed by atoms with Crippen LogP contribution in [0.4, 0.5) is 0 Å². The number of carbonyl (C=O) groups excluding carboxylic acids is 1. The van der Waals surface area contributed by atoms with Gasteiger partial charge >= 0.3 is 0 Å². The van der Waals surface area contributed by atoms with E-state index < -0.39 is 0 Å². The van der Waals surface area contributed by atoms with Gasteiger partial charge in [0.25, 0.3) is 0 Å². The topological polar surface area (TPSA) is 40.9 Å². The van der Waals surface area contributed by atoms with Gasteiger partial charge in [-0.15, -0.1) is 11.3 Å². The van der Waals surface area contributed by atoms with E-state index in [0.29, 0.717) is 11.1 Å². The van der Waals surface area contributed by atoms with Crippen LogP contribution < -0.4 is 0 Å². The molecule has 1 aromatic heterocycles. The lowest BCUT2D eigenvalue weighted by Gasteiger charge is -1.95. The molecule has 17 heavy (non-hydrogen) atoms. The first-order valence-electron chi connectivity index (χ1n) is 5.05. The SMILES string of the molecule is N#Cc1cccc(C(=O)/C=C/c2cccs2)c1. The molecule has 0 amide bonds. The molecule has 0 aliphatic heterocycles. The maximum atomic E-state index is 11.8. The van der Waals surface area contributed by atoms with E-state index in [0.717, 1.165) is 4.88 Å².